The second kappa shape index (κ2) is 9.54. The minimum absolute atomic E-state index is 0.0897. The molecule has 12 nitrogen and oxygen atoms in total. The molecule has 0 aromatic rings. The summed E-state index contributed by atoms with van der Waals surface area (Å²) in [7, 11) is -8.46. The Morgan fingerprint density at radius 3 is 2.23 bits per heavy atom. The van der Waals surface area contributed by atoms with Crippen molar-refractivity contribution in [3.8, 4) is 0 Å². The van der Waals surface area contributed by atoms with Crippen molar-refractivity contribution in [3.05, 3.63) is 11.6 Å². The number of esters is 1. The number of fused-ring (bicyclic) bond motifs is 5. The Hall–Kier alpha value is -2.00. The maximum atomic E-state index is 14.0. The average molecular weight is 591 g/mol. The van der Waals surface area contributed by atoms with Crippen LogP contribution in [-0.2, 0) is 52.5 Å². The molecule has 14 heteroatoms. The van der Waals surface area contributed by atoms with Crippen molar-refractivity contribution in [2.75, 3.05) is 19.1 Å². The predicted octanol–water partition coefficient (Wildman–Crippen LogP) is 0.470. The molecular formula is C25H34O12S2. The first-order valence-corrected chi connectivity index (χ1v) is 16.3. The van der Waals surface area contributed by atoms with E-state index < -0.39 is 85.0 Å². The van der Waals surface area contributed by atoms with E-state index in [0.29, 0.717) is 0 Å². The van der Waals surface area contributed by atoms with E-state index in [4.69, 9.17) is 13.1 Å². The summed E-state index contributed by atoms with van der Waals surface area (Å²) in [5.41, 5.74) is -4.36. The van der Waals surface area contributed by atoms with Gasteiger partial charge < -0.3 is 9.84 Å². The van der Waals surface area contributed by atoms with Crippen LogP contribution >= 0.6 is 0 Å². The lowest BCUT2D eigenvalue weighted by atomic mass is 9.44. The number of ketones is 3. The molecule has 4 rings (SSSR count). The summed E-state index contributed by atoms with van der Waals surface area (Å²) < 4.78 is 65.4. The molecule has 4 aliphatic rings. The molecule has 3 saturated carbocycles. The van der Waals surface area contributed by atoms with Crippen LogP contribution in [0, 0.1) is 28.6 Å². The van der Waals surface area contributed by atoms with Gasteiger partial charge in [-0.2, -0.15) is 16.8 Å². The fourth-order valence-corrected chi connectivity index (χ4v) is 8.92. The van der Waals surface area contributed by atoms with E-state index in [1.807, 2.05) is 0 Å². The topological polar surface area (TPSA) is 184 Å². The zero-order chi connectivity index (χ0) is 29.3. The molecule has 0 saturated heterocycles. The van der Waals surface area contributed by atoms with E-state index in [0.717, 1.165) is 19.4 Å². The van der Waals surface area contributed by atoms with E-state index in [-0.39, 0.29) is 49.2 Å². The lowest BCUT2D eigenvalue weighted by molar-refractivity contribution is -0.183. The summed E-state index contributed by atoms with van der Waals surface area (Å²) in [6, 6.07) is 0. The molecule has 218 valence electrons. The Labute approximate surface area is 227 Å². The highest BCUT2D eigenvalue weighted by Gasteiger charge is 2.72. The van der Waals surface area contributed by atoms with Crippen molar-refractivity contribution in [1.82, 2.24) is 0 Å². The van der Waals surface area contributed by atoms with E-state index >= 15 is 0 Å². The van der Waals surface area contributed by atoms with Gasteiger partial charge in [-0.15, -0.1) is 0 Å². The Morgan fingerprint density at radius 1 is 1.05 bits per heavy atom. The fraction of sp³-hybridized carbons (Fsp3) is 0.760. The maximum absolute atomic E-state index is 14.0. The van der Waals surface area contributed by atoms with Gasteiger partial charge >= 0.3 is 5.97 Å². The van der Waals surface area contributed by atoms with Crippen molar-refractivity contribution in [1.29, 1.82) is 0 Å². The van der Waals surface area contributed by atoms with Gasteiger partial charge in [0.05, 0.1) is 12.5 Å². The van der Waals surface area contributed by atoms with E-state index in [9.17, 15) is 41.1 Å². The predicted molar refractivity (Wildman–Crippen MR) is 134 cm³/mol. The second-order valence-electron chi connectivity index (χ2n) is 11.8. The van der Waals surface area contributed by atoms with Crippen molar-refractivity contribution in [2.24, 2.45) is 28.6 Å². The van der Waals surface area contributed by atoms with E-state index in [1.165, 1.54) is 6.08 Å². The monoisotopic (exact) mass is 590 g/mol. The fourth-order valence-electron chi connectivity index (χ4n) is 7.70. The highest BCUT2D eigenvalue weighted by Crippen LogP contribution is 2.67. The number of carbonyl (C=O) groups is 4. The molecular weight excluding hydrogens is 556 g/mol. The lowest BCUT2D eigenvalue weighted by Crippen LogP contribution is -2.67. The Kier molecular flexibility index (Phi) is 7.33. The molecule has 8 atom stereocenters. The smallest absolute Gasteiger partial charge is 0.303 e. The van der Waals surface area contributed by atoms with Crippen molar-refractivity contribution in [2.45, 2.75) is 70.7 Å². The van der Waals surface area contributed by atoms with Crippen LogP contribution in [0.4, 0.5) is 0 Å². The first kappa shape index (κ1) is 30.0. The van der Waals surface area contributed by atoms with Crippen LogP contribution in [0.5, 0.6) is 0 Å². The standard InChI is InChI=1S/C25H34O12S2/c1-13(26)35-12-18(29)25(30)9-7-15-19-20(17(28)11-24(15,25)3)23(2)8-6-14(27)10-16(23)21(36-38(4,31)32)22(19)37-39(5,33)34/h10,15,19-22,30H,6-9,11-12H2,1-5H3/t15-,19-,20-,21-,22+,23-,24-,25-/m0/s1. The summed E-state index contributed by atoms with van der Waals surface area (Å²) in [6.45, 7) is 3.70. The van der Waals surface area contributed by atoms with Crippen molar-refractivity contribution < 1.29 is 54.2 Å². The van der Waals surface area contributed by atoms with Gasteiger partial charge in [0.15, 0.2) is 12.4 Å². The third-order valence-corrected chi connectivity index (χ3v) is 10.4. The summed E-state index contributed by atoms with van der Waals surface area (Å²) in [5.74, 6) is -4.76. The Bertz CT molecular complexity index is 1360. The van der Waals surface area contributed by atoms with Crippen LogP contribution in [0.1, 0.15) is 52.9 Å². The quantitative estimate of drug-likeness (QED) is 0.320. The minimum atomic E-state index is -4.25. The zero-order valence-electron chi connectivity index (χ0n) is 22.5. The summed E-state index contributed by atoms with van der Waals surface area (Å²) in [4.78, 5) is 51.0. The molecule has 0 heterocycles. The van der Waals surface area contributed by atoms with Gasteiger partial charge in [0.25, 0.3) is 20.2 Å². The van der Waals surface area contributed by atoms with Gasteiger partial charge in [0.1, 0.15) is 23.6 Å². The highest BCUT2D eigenvalue weighted by atomic mass is 32.2. The number of Topliss-reactive ketones (excluding diaryl/α,β-unsaturated/α-hetero) is 2. The van der Waals surface area contributed by atoms with Crippen LogP contribution in [0.15, 0.2) is 11.6 Å². The Morgan fingerprint density at radius 2 is 1.67 bits per heavy atom. The molecule has 0 radical (unpaired) electrons. The van der Waals surface area contributed by atoms with Gasteiger partial charge in [0.2, 0.25) is 5.78 Å². The number of carbonyl (C=O) groups excluding carboxylic acids is 4. The van der Waals surface area contributed by atoms with Crippen LogP contribution in [0.3, 0.4) is 0 Å². The molecule has 0 aromatic carbocycles. The van der Waals surface area contributed by atoms with Crippen LogP contribution in [0.25, 0.3) is 0 Å². The average Bonchev–Trinajstić information content (AvgIpc) is 3.04. The second-order valence-corrected chi connectivity index (χ2v) is 15.0. The van der Waals surface area contributed by atoms with Gasteiger partial charge in [-0.05, 0) is 36.8 Å². The van der Waals surface area contributed by atoms with Crippen LogP contribution in [-0.4, -0.2) is 82.2 Å². The number of hydrogen-bond acceptors (Lipinski definition) is 12. The molecule has 3 fully saturated rings. The third kappa shape index (κ3) is 5.03. The van der Waals surface area contributed by atoms with E-state index in [2.05, 4.69) is 0 Å². The van der Waals surface area contributed by atoms with Gasteiger partial charge in [0, 0.05) is 42.4 Å². The van der Waals surface area contributed by atoms with Crippen molar-refractivity contribution in [3.63, 3.8) is 0 Å². The first-order chi connectivity index (χ1) is 17.7. The highest BCUT2D eigenvalue weighted by molar-refractivity contribution is 7.86. The minimum Gasteiger partial charge on any atom is -0.458 e. The van der Waals surface area contributed by atoms with Gasteiger partial charge in [-0.3, -0.25) is 27.5 Å². The number of hydrogen-bond donors (Lipinski definition) is 1. The lowest BCUT2D eigenvalue weighted by Gasteiger charge is -2.60. The zero-order valence-corrected chi connectivity index (χ0v) is 24.1. The van der Waals surface area contributed by atoms with Gasteiger partial charge in [-0.25, -0.2) is 0 Å². The molecule has 0 amide bonds. The molecule has 0 aliphatic heterocycles. The molecule has 0 unspecified atom stereocenters. The molecule has 1 N–H and O–H groups in total. The molecule has 0 spiro atoms. The maximum Gasteiger partial charge on any atom is 0.303 e. The molecule has 39 heavy (non-hydrogen) atoms. The number of aliphatic hydroxyl groups is 1. The summed E-state index contributed by atoms with van der Waals surface area (Å²) in [5, 5.41) is 11.7. The first-order valence-electron chi connectivity index (χ1n) is 12.7. The number of ether oxygens (including phenoxy) is 1. The van der Waals surface area contributed by atoms with Crippen LogP contribution in [0.2, 0.25) is 0 Å². The molecule has 4 aliphatic carbocycles. The largest absolute Gasteiger partial charge is 0.458 e. The summed E-state index contributed by atoms with van der Waals surface area (Å²) in [6.07, 6.45) is -0.143. The van der Waals surface area contributed by atoms with Crippen LogP contribution < -0.4 is 0 Å². The summed E-state index contributed by atoms with van der Waals surface area (Å²) >= 11 is 0. The Balaban J connectivity index is 1.91. The number of rotatable bonds is 7. The van der Waals surface area contributed by atoms with Crippen molar-refractivity contribution >= 4 is 43.6 Å². The normalized spacial score (nSPS) is 40.3. The van der Waals surface area contributed by atoms with E-state index in [1.54, 1.807) is 13.8 Å². The van der Waals surface area contributed by atoms with Gasteiger partial charge in [-0.1, -0.05) is 13.8 Å². The SMILES string of the molecule is CC(=O)OCC(=O)[C@@]1(O)CC[C@H]2[C@@H]3[C@@H](OS(C)(=O)=O)[C@@H](OS(C)(=O)=O)C4=CC(=O)CC[C@]4(C)[C@H]3C(=O)C[C@@]21C. The molecule has 0 bridgehead atoms. The molecule has 0 aromatic heterocycles. The third-order valence-electron chi connectivity index (χ3n) is 9.29.